The van der Waals surface area contributed by atoms with Crippen LogP contribution < -0.4 is 0 Å². The molecule has 24 heavy (non-hydrogen) atoms. The second-order valence-electron chi connectivity index (χ2n) is 6.70. The number of rotatable bonds is 3. The van der Waals surface area contributed by atoms with E-state index in [0.29, 0.717) is 11.6 Å². The van der Waals surface area contributed by atoms with E-state index >= 15 is 0 Å². The number of halogens is 1. The van der Waals surface area contributed by atoms with Gasteiger partial charge in [0.05, 0.1) is 6.54 Å². The molecule has 0 N–H and O–H groups in total. The molecule has 2 aliphatic heterocycles. The van der Waals surface area contributed by atoms with Gasteiger partial charge in [0.25, 0.3) is 5.91 Å². The fourth-order valence-electron chi connectivity index (χ4n) is 4.08. The van der Waals surface area contributed by atoms with Crippen LogP contribution in [0.25, 0.3) is 0 Å². The van der Waals surface area contributed by atoms with Crippen LogP contribution in [0.3, 0.4) is 0 Å². The van der Waals surface area contributed by atoms with E-state index < -0.39 is 0 Å². The molecular weight excluding hydrogens is 307 g/mol. The molecule has 2 aliphatic rings. The summed E-state index contributed by atoms with van der Waals surface area (Å²) in [5.74, 6) is 1.48. The Balaban J connectivity index is 1.47. The Kier molecular flexibility index (Phi) is 3.88. The molecule has 0 saturated carbocycles. The molecule has 0 bridgehead atoms. The van der Waals surface area contributed by atoms with E-state index in [0.717, 1.165) is 44.0 Å². The quantitative estimate of drug-likeness (QED) is 0.868. The molecule has 2 fully saturated rings. The van der Waals surface area contributed by atoms with Crippen molar-refractivity contribution in [2.24, 2.45) is 0 Å². The number of nitrogens with zero attached hydrogens (tertiary/aromatic N) is 2. The predicted molar refractivity (Wildman–Crippen MR) is 88.1 cm³/mol. The maximum Gasteiger partial charge on any atom is 0.254 e. The van der Waals surface area contributed by atoms with Crippen LogP contribution in [0.4, 0.5) is 4.39 Å². The minimum Gasteiger partial charge on any atom is -0.465 e. The zero-order valence-corrected chi connectivity index (χ0v) is 13.7. The third-order valence-corrected chi connectivity index (χ3v) is 5.18. The number of furan rings is 1. The molecular formula is C19H21FN2O2. The van der Waals surface area contributed by atoms with Gasteiger partial charge < -0.3 is 9.32 Å². The van der Waals surface area contributed by atoms with Gasteiger partial charge in [0.1, 0.15) is 17.3 Å². The van der Waals surface area contributed by atoms with E-state index in [1.165, 1.54) is 12.1 Å². The molecule has 4 rings (SSSR count). The molecule has 1 aromatic heterocycles. The van der Waals surface area contributed by atoms with E-state index in [1.54, 1.807) is 12.1 Å². The van der Waals surface area contributed by atoms with E-state index in [4.69, 9.17) is 4.42 Å². The summed E-state index contributed by atoms with van der Waals surface area (Å²) >= 11 is 0. The lowest BCUT2D eigenvalue weighted by molar-refractivity contribution is 0.0731. The number of benzene rings is 1. The Hall–Kier alpha value is -2.14. The van der Waals surface area contributed by atoms with Gasteiger partial charge >= 0.3 is 0 Å². The highest BCUT2D eigenvalue weighted by atomic mass is 19.1. The molecule has 0 radical (unpaired) electrons. The second kappa shape index (κ2) is 6.06. The Morgan fingerprint density at radius 2 is 2.04 bits per heavy atom. The lowest BCUT2D eigenvalue weighted by Gasteiger charge is -2.25. The monoisotopic (exact) mass is 328 g/mol. The number of fused-ring (bicyclic) bond motifs is 1. The van der Waals surface area contributed by atoms with Crippen LogP contribution in [0, 0.1) is 12.7 Å². The van der Waals surface area contributed by atoms with Crippen molar-refractivity contribution in [1.82, 2.24) is 9.80 Å². The fraction of sp³-hybridized carbons (Fsp3) is 0.421. The molecule has 3 heterocycles. The van der Waals surface area contributed by atoms with Gasteiger partial charge in [-0.2, -0.15) is 0 Å². The number of amides is 1. The number of carbonyl (C=O) groups is 1. The van der Waals surface area contributed by atoms with Crippen molar-refractivity contribution in [2.45, 2.75) is 38.4 Å². The van der Waals surface area contributed by atoms with Crippen LogP contribution in [-0.2, 0) is 6.54 Å². The maximum atomic E-state index is 13.4. The Bertz CT molecular complexity index is 757. The van der Waals surface area contributed by atoms with E-state index in [1.807, 2.05) is 24.0 Å². The molecule has 0 spiro atoms. The minimum atomic E-state index is -0.363. The summed E-state index contributed by atoms with van der Waals surface area (Å²) in [6, 6.07) is 10.6. The van der Waals surface area contributed by atoms with Gasteiger partial charge in [-0.15, -0.1) is 0 Å². The van der Waals surface area contributed by atoms with Crippen molar-refractivity contribution in [3.63, 3.8) is 0 Å². The predicted octanol–water partition coefficient (Wildman–Crippen LogP) is 3.22. The van der Waals surface area contributed by atoms with Crippen LogP contribution in [0.5, 0.6) is 0 Å². The average Bonchev–Trinajstić information content (AvgIpc) is 3.25. The lowest BCUT2D eigenvalue weighted by Crippen LogP contribution is -2.39. The zero-order chi connectivity index (χ0) is 16.7. The van der Waals surface area contributed by atoms with Gasteiger partial charge in [-0.05, 0) is 50.1 Å². The summed E-state index contributed by atoms with van der Waals surface area (Å²) in [4.78, 5) is 17.1. The maximum absolute atomic E-state index is 13.4. The number of aryl methyl sites for hydroxylation is 1. The highest BCUT2D eigenvalue weighted by Crippen LogP contribution is 2.33. The molecule has 126 valence electrons. The first-order valence-corrected chi connectivity index (χ1v) is 8.48. The molecule has 5 heteroatoms. The van der Waals surface area contributed by atoms with E-state index in [9.17, 15) is 9.18 Å². The highest BCUT2D eigenvalue weighted by Gasteiger charge is 2.44. The number of hydrogen-bond acceptors (Lipinski definition) is 3. The van der Waals surface area contributed by atoms with Crippen molar-refractivity contribution < 1.29 is 13.6 Å². The van der Waals surface area contributed by atoms with E-state index in [2.05, 4.69) is 4.90 Å². The average molecular weight is 328 g/mol. The van der Waals surface area contributed by atoms with Crippen LogP contribution in [0.1, 0.15) is 34.7 Å². The molecule has 2 atom stereocenters. The van der Waals surface area contributed by atoms with Gasteiger partial charge in [0.15, 0.2) is 0 Å². The summed E-state index contributed by atoms with van der Waals surface area (Å²) in [5, 5.41) is 0. The first-order valence-electron chi connectivity index (χ1n) is 8.48. The Morgan fingerprint density at radius 1 is 1.21 bits per heavy atom. The second-order valence-corrected chi connectivity index (χ2v) is 6.70. The summed E-state index contributed by atoms with van der Waals surface area (Å²) < 4.78 is 19.1. The lowest BCUT2D eigenvalue weighted by atomic mass is 10.1. The standard InChI is InChI=1S/C19H21FN2O2/c1-13-5-6-16(24-13)12-21-9-7-18-17(21)8-10-22(18)19(23)14-3-2-4-15(20)11-14/h2-6,11,17-18H,7-10,12H2,1H3/t17-,18+/m0/s1. The number of hydrogen-bond donors (Lipinski definition) is 0. The van der Waals surface area contributed by atoms with Crippen molar-refractivity contribution in [3.8, 4) is 0 Å². The van der Waals surface area contributed by atoms with Gasteiger partial charge in [0.2, 0.25) is 0 Å². The molecule has 2 aromatic rings. The number of carbonyl (C=O) groups excluding carboxylic acids is 1. The van der Waals surface area contributed by atoms with Gasteiger partial charge in [-0.25, -0.2) is 4.39 Å². The van der Waals surface area contributed by atoms with Crippen LogP contribution >= 0.6 is 0 Å². The summed E-state index contributed by atoms with van der Waals surface area (Å²) in [6.45, 7) is 4.43. The molecule has 1 amide bonds. The summed E-state index contributed by atoms with van der Waals surface area (Å²) in [7, 11) is 0. The third kappa shape index (κ3) is 2.73. The van der Waals surface area contributed by atoms with Crippen LogP contribution in [0.2, 0.25) is 0 Å². The van der Waals surface area contributed by atoms with E-state index in [-0.39, 0.29) is 17.8 Å². The van der Waals surface area contributed by atoms with Gasteiger partial charge in [-0.3, -0.25) is 9.69 Å². The topological polar surface area (TPSA) is 36.7 Å². The van der Waals surface area contributed by atoms with Crippen molar-refractivity contribution in [3.05, 3.63) is 59.3 Å². The van der Waals surface area contributed by atoms with Gasteiger partial charge in [-0.1, -0.05) is 6.07 Å². The first kappa shape index (κ1) is 15.4. The number of likely N-dealkylation sites (tertiary alicyclic amines) is 2. The molecule has 1 aromatic carbocycles. The summed E-state index contributed by atoms with van der Waals surface area (Å²) in [6.07, 6.45) is 1.93. The first-order chi connectivity index (χ1) is 11.6. The smallest absolute Gasteiger partial charge is 0.254 e. The Morgan fingerprint density at radius 3 is 2.79 bits per heavy atom. The van der Waals surface area contributed by atoms with Crippen molar-refractivity contribution >= 4 is 5.91 Å². The summed E-state index contributed by atoms with van der Waals surface area (Å²) in [5.41, 5.74) is 0.441. The fourth-order valence-corrected chi connectivity index (χ4v) is 4.08. The van der Waals surface area contributed by atoms with Crippen molar-refractivity contribution in [2.75, 3.05) is 13.1 Å². The van der Waals surface area contributed by atoms with Crippen molar-refractivity contribution in [1.29, 1.82) is 0 Å². The molecule has 4 nitrogen and oxygen atoms in total. The molecule has 0 aliphatic carbocycles. The van der Waals surface area contributed by atoms with Crippen LogP contribution in [0.15, 0.2) is 40.8 Å². The molecule has 0 unspecified atom stereocenters. The Labute approximate surface area is 140 Å². The highest BCUT2D eigenvalue weighted by molar-refractivity contribution is 5.94. The zero-order valence-electron chi connectivity index (χ0n) is 13.7. The third-order valence-electron chi connectivity index (χ3n) is 5.18. The minimum absolute atomic E-state index is 0.0577. The van der Waals surface area contributed by atoms with Crippen LogP contribution in [-0.4, -0.2) is 40.9 Å². The largest absolute Gasteiger partial charge is 0.465 e. The molecule has 2 saturated heterocycles. The SMILES string of the molecule is Cc1ccc(CN2CC[C@@H]3[C@@H]2CCN3C(=O)c2cccc(F)c2)o1. The van der Waals surface area contributed by atoms with Gasteiger partial charge in [0, 0.05) is 30.7 Å². The normalized spacial score (nSPS) is 23.7.